The van der Waals surface area contributed by atoms with Gasteiger partial charge in [-0.2, -0.15) is 18.3 Å². The van der Waals surface area contributed by atoms with Crippen LogP contribution in [-0.2, 0) is 17.3 Å². The predicted octanol–water partition coefficient (Wildman–Crippen LogP) is 6.13. The van der Waals surface area contributed by atoms with Crippen molar-refractivity contribution in [3.63, 3.8) is 0 Å². The third-order valence-corrected chi connectivity index (χ3v) is 7.32. The molecule has 1 atom stereocenters. The summed E-state index contributed by atoms with van der Waals surface area (Å²) in [6.45, 7) is 0. The second-order valence-corrected chi connectivity index (χ2v) is 10.2. The summed E-state index contributed by atoms with van der Waals surface area (Å²) >= 11 is 0. The smallest absolute Gasteiger partial charge is 0.468 e. The van der Waals surface area contributed by atoms with Crippen molar-refractivity contribution in [2.75, 3.05) is 19.1 Å². The van der Waals surface area contributed by atoms with Crippen LogP contribution in [0.5, 0.6) is 17.4 Å². The van der Waals surface area contributed by atoms with Crippen LogP contribution in [0.3, 0.4) is 0 Å². The van der Waals surface area contributed by atoms with Crippen molar-refractivity contribution in [3.05, 3.63) is 88.9 Å². The van der Waals surface area contributed by atoms with Crippen molar-refractivity contribution in [1.82, 2.24) is 14.8 Å². The van der Waals surface area contributed by atoms with E-state index in [-0.39, 0.29) is 57.6 Å². The van der Waals surface area contributed by atoms with Crippen LogP contribution in [0.15, 0.2) is 60.8 Å². The fourth-order valence-corrected chi connectivity index (χ4v) is 5.27. The van der Waals surface area contributed by atoms with E-state index in [0.29, 0.717) is 12.8 Å². The molecule has 2 aliphatic rings. The third-order valence-electron chi connectivity index (χ3n) is 7.32. The number of amides is 1. The Kier molecular flexibility index (Phi) is 7.33. The van der Waals surface area contributed by atoms with Crippen LogP contribution < -0.4 is 19.1 Å². The minimum Gasteiger partial charge on any atom is -0.468 e. The average molecular weight is 631 g/mol. The molecule has 4 aromatic rings. The number of esters is 1. The molecule has 1 amide bonds. The van der Waals surface area contributed by atoms with Crippen LogP contribution >= 0.6 is 0 Å². The zero-order valence-corrected chi connectivity index (χ0v) is 23.6. The van der Waals surface area contributed by atoms with Crippen molar-refractivity contribution in [1.29, 1.82) is 0 Å². The highest BCUT2D eigenvalue weighted by atomic mass is 19.4. The van der Waals surface area contributed by atoms with Gasteiger partial charge in [-0.05, 0) is 55.7 Å². The number of rotatable bonds is 6. The Morgan fingerprint density at radius 1 is 1.04 bits per heavy atom. The first kappa shape index (κ1) is 29.8. The number of hydrogen-bond donors (Lipinski definition) is 0. The summed E-state index contributed by atoms with van der Waals surface area (Å²) in [6, 6.07) is 12.4. The summed E-state index contributed by atoms with van der Waals surface area (Å²) in [6.07, 6.45) is -7.43. The maximum Gasteiger partial charge on any atom is 0.586 e. The molecule has 0 N–H and O–H groups in total. The van der Waals surface area contributed by atoms with Gasteiger partial charge in [-0.3, -0.25) is 4.79 Å². The molecule has 6 rings (SSSR count). The first-order valence-electron chi connectivity index (χ1n) is 13.5. The number of fused-ring (bicyclic) bond motifs is 2. The molecule has 1 aliphatic heterocycles. The second-order valence-electron chi connectivity index (χ2n) is 10.2. The maximum atomic E-state index is 14.2. The number of alkyl halides is 5. The summed E-state index contributed by atoms with van der Waals surface area (Å²) < 4.78 is 90.2. The average Bonchev–Trinajstić information content (AvgIpc) is 3.57. The van der Waals surface area contributed by atoms with E-state index in [1.54, 1.807) is 0 Å². The Balaban J connectivity index is 1.35. The van der Waals surface area contributed by atoms with Crippen molar-refractivity contribution >= 4 is 17.6 Å². The van der Waals surface area contributed by atoms with Gasteiger partial charge in [0, 0.05) is 42.2 Å². The minimum atomic E-state index is -4.77. The number of hydrogen-bond acceptors (Lipinski definition) is 8. The number of ether oxygens (including phenoxy) is 4. The molecule has 10 nitrogen and oxygen atoms in total. The number of pyridine rings is 1. The first-order chi connectivity index (χ1) is 21.3. The molecule has 45 heavy (non-hydrogen) atoms. The van der Waals surface area contributed by atoms with E-state index >= 15 is 0 Å². The molecule has 0 saturated heterocycles. The number of carbonyl (C=O) groups is 2. The van der Waals surface area contributed by atoms with E-state index in [1.165, 1.54) is 79.9 Å². The van der Waals surface area contributed by atoms with Crippen molar-refractivity contribution in [2.24, 2.45) is 0 Å². The van der Waals surface area contributed by atoms with Crippen LogP contribution in [0.4, 0.5) is 27.6 Å². The van der Waals surface area contributed by atoms with Crippen LogP contribution in [0.2, 0.25) is 0 Å². The lowest BCUT2D eigenvalue weighted by atomic mass is 9.93. The largest absolute Gasteiger partial charge is 0.586 e. The van der Waals surface area contributed by atoms with E-state index in [9.17, 15) is 31.5 Å². The predicted molar refractivity (Wildman–Crippen MR) is 146 cm³/mol. The molecule has 0 spiro atoms. The molecule has 0 radical (unpaired) electrons. The molecule has 0 saturated carbocycles. The Hall–Kier alpha value is -5.21. The Morgan fingerprint density at radius 2 is 1.82 bits per heavy atom. The maximum absolute atomic E-state index is 14.2. The van der Waals surface area contributed by atoms with Gasteiger partial charge < -0.3 is 23.8 Å². The van der Waals surface area contributed by atoms with E-state index in [1.807, 2.05) is 0 Å². The lowest BCUT2D eigenvalue weighted by molar-refractivity contribution is -0.286. The van der Waals surface area contributed by atoms with E-state index in [2.05, 4.69) is 19.6 Å². The summed E-state index contributed by atoms with van der Waals surface area (Å²) in [7, 11) is 2.61. The molecular formula is C30H23F5N4O6. The number of halogens is 5. The molecule has 0 unspecified atom stereocenters. The van der Waals surface area contributed by atoms with Crippen LogP contribution in [0.1, 0.15) is 56.6 Å². The Bertz CT molecular complexity index is 1810. The van der Waals surface area contributed by atoms with Gasteiger partial charge in [0.25, 0.3) is 5.91 Å². The van der Waals surface area contributed by atoms with Crippen LogP contribution in [0, 0.1) is 0 Å². The molecule has 234 valence electrons. The zero-order valence-electron chi connectivity index (χ0n) is 23.6. The SMILES string of the molecule is COC(=O)c1ccnc(O[C@@H]2CCCc3c(C(F)(F)F)nn(-c4cccc(C(=O)N(C)c5ccc6c(c5)OC(F)(F)O6)c4)c32)c1. The van der Waals surface area contributed by atoms with Gasteiger partial charge in [-0.15, -0.1) is 8.78 Å². The quantitative estimate of drug-likeness (QED) is 0.185. The standard InChI is InChI=1S/C30H23F5N4O6/c1-38(18-9-10-21-23(15-18)45-30(34,35)44-21)27(40)16-5-3-6-19(13-16)39-25-20(26(37-39)29(31,32)33)7-4-8-22(25)43-24-14-17(11-12-36-24)28(41)42-2/h3,5-6,9-15,22H,4,7-8H2,1-2H3/t22-/m1/s1. The van der Waals surface area contributed by atoms with Gasteiger partial charge in [0.05, 0.1) is 24.1 Å². The molecule has 1 aliphatic carbocycles. The highest BCUT2D eigenvalue weighted by Crippen LogP contribution is 2.44. The fraction of sp³-hybridized carbons (Fsp3) is 0.267. The van der Waals surface area contributed by atoms with Crippen molar-refractivity contribution < 1.29 is 50.5 Å². The summed E-state index contributed by atoms with van der Waals surface area (Å²) in [4.78, 5) is 30.7. The van der Waals surface area contributed by atoms with Gasteiger partial charge in [0.2, 0.25) is 5.88 Å². The molecule has 0 bridgehead atoms. The molecule has 0 fully saturated rings. The summed E-state index contributed by atoms with van der Waals surface area (Å²) in [5.41, 5.74) is -0.406. The van der Waals surface area contributed by atoms with E-state index in [4.69, 9.17) is 9.47 Å². The summed E-state index contributed by atoms with van der Waals surface area (Å²) in [5.74, 6) is -1.67. The Labute approximate surface area is 251 Å². The second kappa shape index (κ2) is 11.1. The van der Waals surface area contributed by atoms with Crippen LogP contribution in [-0.4, -0.2) is 47.1 Å². The van der Waals surface area contributed by atoms with Gasteiger partial charge in [0.1, 0.15) is 6.10 Å². The number of nitrogens with zero attached hydrogens (tertiary/aromatic N) is 4. The monoisotopic (exact) mass is 630 g/mol. The number of benzene rings is 2. The normalized spacial score (nSPS) is 16.6. The Morgan fingerprint density at radius 3 is 2.58 bits per heavy atom. The molecular weight excluding hydrogens is 607 g/mol. The van der Waals surface area contributed by atoms with Crippen molar-refractivity contribution in [2.45, 2.75) is 37.8 Å². The highest BCUT2D eigenvalue weighted by molar-refractivity contribution is 6.06. The molecule has 15 heteroatoms. The number of aromatic nitrogens is 3. The molecule has 3 heterocycles. The lowest BCUT2D eigenvalue weighted by Gasteiger charge is -2.25. The lowest BCUT2D eigenvalue weighted by Crippen LogP contribution is -2.26. The topological polar surface area (TPSA) is 105 Å². The van der Waals surface area contributed by atoms with Gasteiger partial charge in [-0.25, -0.2) is 14.5 Å². The highest BCUT2D eigenvalue weighted by Gasteiger charge is 2.44. The van der Waals surface area contributed by atoms with Gasteiger partial charge in [0.15, 0.2) is 17.2 Å². The summed E-state index contributed by atoms with van der Waals surface area (Å²) in [5, 5.41) is 3.93. The molecule has 2 aromatic carbocycles. The van der Waals surface area contributed by atoms with E-state index in [0.717, 1.165) is 4.68 Å². The van der Waals surface area contributed by atoms with Crippen molar-refractivity contribution in [3.8, 4) is 23.1 Å². The van der Waals surface area contributed by atoms with Gasteiger partial charge >= 0.3 is 18.4 Å². The minimum absolute atomic E-state index is 0.00380. The van der Waals surface area contributed by atoms with Gasteiger partial charge in [-0.1, -0.05) is 6.07 Å². The number of anilines is 1. The third kappa shape index (κ3) is 5.72. The van der Waals surface area contributed by atoms with Crippen LogP contribution in [0.25, 0.3) is 5.69 Å². The zero-order chi connectivity index (χ0) is 32.1. The fourth-order valence-electron chi connectivity index (χ4n) is 5.27. The van der Waals surface area contributed by atoms with E-state index < -0.39 is 36.1 Å². The first-order valence-corrected chi connectivity index (χ1v) is 13.5. The molecule has 2 aromatic heterocycles. The number of carbonyl (C=O) groups excluding carboxylic acids is 2. The number of methoxy groups -OCH3 is 1.